The van der Waals surface area contributed by atoms with Crippen LogP contribution in [-0.4, -0.2) is 62.9 Å². The van der Waals surface area contributed by atoms with Crippen LogP contribution in [0, 0.1) is 17.3 Å². The van der Waals surface area contributed by atoms with Crippen molar-refractivity contribution >= 4 is 19.0 Å². The minimum atomic E-state index is -0.654. The smallest absolute Gasteiger partial charge is 0.482 e. The van der Waals surface area contributed by atoms with Gasteiger partial charge in [0.2, 0.25) is 0 Å². The predicted molar refractivity (Wildman–Crippen MR) is 167 cm³/mol. The Morgan fingerprint density at radius 3 is 2.44 bits per heavy atom. The second kappa shape index (κ2) is 11.9. The maximum absolute atomic E-state index is 13.6. The molecule has 2 aromatic rings. The van der Waals surface area contributed by atoms with Crippen LogP contribution in [0.3, 0.4) is 0 Å². The van der Waals surface area contributed by atoms with E-state index in [0.29, 0.717) is 35.1 Å². The van der Waals surface area contributed by atoms with E-state index in [2.05, 4.69) is 31.4 Å². The summed E-state index contributed by atoms with van der Waals surface area (Å²) in [5, 5.41) is 6.38. The van der Waals surface area contributed by atoms with Gasteiger partial charge in [0.1, 0.15) is 16.9 Å². The van der Waals surface area contributed by atoms with Crippen LogP contribution in [-0.2, 0) is 26.9 Å². The first-order valence-electron chi connectivity index (χ1n) is 15.5. The molecule has 8 nitrogen and oxygen atoms in total. The van der Waals surface area contributed by atoms with Crippen molar-refractivity contribution < 1.29 is 28.4 Å². The Bertz CT molecular complexity index is 1340. The number of ether oxygens (including phenoxy) is 2. The molecule has 232 valence electrons. The topological polar surface area (TPSA) is 95.1 Å². The molecule has 1 aliphatic heterocycles. The molecule has 9 heteroatoms. The minimum absolute atomic E-state index is 0.0323. The van der Waals surface area contributed by atoms with Crippen LogP contribution in [0.25, 0.3) is 0 Å². The van der Waals surface area contributed by atoms with Crippen LogP contribution in [0.2, 0.25) is 0 Å². The highest BCUT2D eigenvalue weighted by Crippen LogP contribution is 2.65. The highest BCUT2D eigenvalue weighted by atomic mass is 16.7. The number of hydrogen-bond acceptors (Lipinski definition) is 7. The molecule has 6 rings (SSSR count). The van der Waals surface area contributed by atoms with Crippen molar-refractivity contribution in [3.05, 3.63) is 64.7 Å². The Labute approximate surface area is 256 Å². The van der Waals surface area contributed by atoms with Crippen molar-refractivity contribution in [3.63, 3.8) is 0 Å². The fourth-order valence-corrected chi connectivity index (χ4v) is 7.35. The number of para-hydroxylation sites is 1. The second-order valence-corrected chi connectivity index (χ2v) is 14.2. The van der Waals surface area contributed by atoms with Gasteiger partial charge < -0.3 is 29.4 Å². The lowest BCUT2D eigenvalue weighted by atomic mass is 9.43. The molecular formula is C34H47BN2O6. The van der Waals surface area contributed by atoms with Crippen LogP contribution in [0.4, 0.5) is 0 Å². The summed E-state index contributed by atoms with van der Waals surface area (Å²) in [6.45, 7) is 13.2. The first-order valence-corrected chi connectivity index (χ1v) is 15.5. The zero-order valence-corrected chi connectivity index (χ0v) is 26.9. The second-order valence-electron chi connectivity index (χ2n) is 14.2. The maximum atomic E-state index is 13.6. The lowest BCUT2D eigenvalue weighted by molar-refractivity contribution is -0.199. The zero-order valence-electron chi connectivity index (χ0n) is 26.9. The summed E-state index contributed by atoms with van der Waals surface area (Å²) >= 11 is 0. The van der Waals surface area contributed by atoms with E-state index in [1.54, 1.807) is 13.2 Å². The largest absolute Gasteiger partial charge is 0.496 e. The predicted octanol–water partition coefficient (Wildman–Crippen LogP) is 5.02. The highest BCUT2D eigenvalue weighted by Gasteiger charge is 2.68. The van der Waals surface area contributed by atoms with Gasteiger partial charge >= 0.3 is 13.1 Å². The van der Waals surface area contributed by atoms with Gasteiger partial charge in [-0.3, -0.25) is 4.79 Å². The third kappa shape index (κ3) is 6.22. The summed E-state index contributed by atoms with van der Waals surface area (Å²) in [4.78, 5) is 26.7. The van der Waals surface area contributed by atoms with Gasteiger partial charge in [-0.2, -0.15) is 0 Å². The number of hydrogen-bond donors (Lipinski definition) is 2. The van der Waals surface area contributed by atoms with Crippen LogP contribution in [0.5, 0.6) is 5.75 Å². The van der Waals surface area contributed by atoms with Crippen molar-refractivity contribution in [2.75, 3.05) is 20.7 Å². The maximum Gasteiger partial charge on any atom is 0.482 e. The van der Waals surface area contributed by atoms with Crippen LogP contribution in [0.1, 0.15) is 86.2 Å². The summed E-state index contributed by atoms with van der Waals surface area (Å²) in [5.74, 6) is 0.235. The fourth-order valence-electron chi connectivity index (χ4n) is 7.35. The molecule has 3 saturated carbocycles. The Morgan fingerprint density at radius 1 is 1.09 bits per heavy atom. The average molecular weight is 591 g/mol. The van der Waals surface area contributed by atoms with Crippen molar-refractivity contribution in [1.29, 1.82) is 0 Å². The van der Waals surface area contributed by atoms with Gasteiger partial charge in [0.25, 0.3) is 5.91 Å². The number of nitrogens with one attached hydrogen (secondary N) is 2. The zero-order chi connectivity index (χ0) is 31.2. The van der Waals surface area contributed by atoms with E-state index >= 15 is 0 Å². The first kappa shape index (κ1) is 31.5. The molecule has 2 N–H and O–H groups in total. The monoisotopic (exact) mass is 590 g/mol. The van der Waals surface area contributed by atoms with Crippen LogP contribution < -0.4 is 15.4 Å². The lowest BCUT2D eigenvalue weighted by Gasteiger charge is -2.64. The minimum Gasteiger partial charge on any atom is -0.496 e. The van der Waals surface area contributed by atoms with E-state index in [-0.39, 0.29) is 17.4 Å². The molecular weight excluding hydrogens is 543 g/mol. The number of esters is 1. The van der Waals surface area contributed by atoms with E-state index in [1.807, 2.05) is 64.2 Å². The number of amides is 1. The summed E-state index contributed by atoms with van der Waals surface area (Å²) in [6.07, 6.45) is 3.28. The van der Waals surface area contributed by atoms with Crippen molar-refractivity contribution in [3.8, 4) is 5.75 Å². The van der Waals surface area contributed by atoms with Crippen molar-refractivity contribution in [2.45, 2.75) is 90.5 Å². The number of benzene rings is 2. The molecule has 1 saturated heterocycles. The number of methoxy groups -OCH3 is 1. The molecule has 0 spiro atoms. The van der Waals surface area contributed by atoms with Gasteiger partial charge in [0, 0.05) is 5.56 Å². The highest BCUT2D eigenvalue weighted by molar-refractivity contribution is 6.48. The third-order valence-electron chi connectivity index (χ3n) is 9.85. The number of carbonyl (C=O) groups is 2. The Hall–Kier alpha value is -2.88. The lowest BCUT2D eigenvalue weighted by Crippen LogP contribution is -2.65. The van der Waals surface area contributed by atoms with E-state index in [9.17, 15) is 9.59 Å². The Morgan fingerprint density at radius 2 is 1.81 bits per heavy atom. The van der Waals surface area contributed by atoms with Gasteiger partial charge in [0.15, 0.2) is 0 Å². The SMILES string of the molecule is CNCCc1ccc(C(=O)NC(Cc2cccc(C(=O)OC(C)(C)C)c2OC)B2OC3CC4CC(C4(C)C)C3(C)O2)cc1. The molecule has 1 amide bonds. The number of carbonyl (C=O) groups excluding carboxylic acids is 2. The van der Waals surface area contributed by atoms with Gasteiger partial charge in [-0.05, 0) is 114 Å². The van der Waals surface area contributed by atoms with Gasteiger partial charge in [-0.25, -0.2) is 4.79 Å². The third-order valence-corrected chi connectivity index (χ3v) is 9.85. The molecule has 3 aliphatic carbocycles. The molecule has 43 heavy (non-hydrogen) atoms. The van der Waals surface area contributed by atoms with Gasteiger partial charge in [0.05, 0.1) is 24.8 Å². The van der Waals surface area contributed by atoms with E-state index in [4.69, 9.17) is 18.8 Å². The molecule has 5 unspecified atom stereocenters. The van der Waals surface area contributed by atoms with Crippen molar-refractivity contribution in [1.82, 2.24) is 10.6 Å². The molecule has 4 fully saturated rings. The average Bonchev–Trinajstić information content (AvgIpc) is 3.32. The standard InChI is InChI=1S/C34H47BN2O6/c1-32(2,3)41-31(39)25-11-9-10-23(29(25)40-8)18-28(37-30(38)22-14-12-21(13-15-22)16-17-36-7)35-42-27-20-24-19-26(33(24,4)5)34(27,6)43-35/h9-15,24,26-28,36H,16-20H2,1-8H3,(H,37,38). The van der Waals surface area contributed by atoms with Gasteiger partial charge in [-0.15, -0.1) is 0 Å². The fraction of sp³-hybridized carbons (Fsp3) is 0.588. The van der Waals surface area contributed by atoms with E-state index in [1.165, 1.54) is 0 Å². The summed E-state index contributed by atoms with van der Waals surface area (Å²) < 4.78 is 24.9. The van der Waals surface area contributed by atoms with Gasteiger partial charge in [-0.1, -0.05) is 38.1 Å². The molecule has 1 heterocycles. The molecule has 5 atom stereocenters. The first-order chi connectivity index (χ1) is 20.3. The molecule has 0 radical (unpaired) electrons. The molecule has 0 aromatic heterocycles. The summed E-state index contributed by atoms with van der Waals surface area (Å²) in [5.41, 5.74) is 1.95. The Balaban J connectivity index is 1.43. The molecule has 4 aliphatic rings. The number of rotatable bonds is 10. The summed E-state index contributed by atoms with van der Waals surface area (Å²) in [7, 11) is 2.82. The number of likely N-dealkylation sites (N-methyl/N-ethyl adjacent to an activating group) is 1. The van der Waals surface area contributed by atoms with E-state index < -0.39 is 30.2 Å². The normalized spacial score (nSPS) is 26.2. The van der Waals surface area contributed by atoms with Crippen LogP contribution in [0.15, 0.2) is 42.5 Å². The Kier molecular flexibility index (Phi) is 8.73. The molecule has 2 bridgehead atoms. The van der Waals surface area contributed by atoms with E-state index in [0.717, 1.165) is 36.9 Å². The quantitative estimate of drug-likeness (QED) is 0.297. The van der Waals surface area contributed by atoms with Crippen molar-refractivity contribution in [2.24, 2.45) is 17.3 Å². The molecule has 2 aromatic carbocycles. The van der Waals surface area contributed by atoms with Crippen LogP contribution >= 0.6 is 0 Å². The summed E-state index contributed by atoms with van der Waals surface area (Å²) in [6, 6.07) is 13.1.